The van der Waals surface area contributed by atoms with Crippen LogP contribution in [0.15, 0.2) is 24.5 Å². The van der Waals surface area contributed by atoms with Crippen LogP contribution in [-0.2, 0) is 0 Å². The first-order valence-corrected chi connectivity index (χ1v) is 6.67. The van der Waals surface area contributed by atoms with E-state index in [-0.39, 0.29) is 0 Å². The average molecular weight is 266 g/mol. The molecular weight excluding hydrogens is 248 g/mol. The van der Waals surface area contributed by atoms with Crippen molar-refractivity contribution in [1.82, 2.24) is 14.5 Å². The van der Waals surface area contributed by atoms with E-state index in [2.05, 4.69) is 60.4 Å². The minimum Gasteiger partial charge on any atom is -0.383 e. The Labute approximate surface area is 118 Å². The number of nitrogens with two attached hydrogens (primary N) is 1. The molecule has 3 aromatic rings. The van der Waals surface area contributed by atoms with Gasteiger partial charge in [-0.25, -0.2) is 9.97 Å². The van der Waals surface area contributed by atoms with Gasteiger partial charge in [-0.05, 0) is 50.5 Å². The molecule has 0 atom stereocenters. The van der Waals surface area contributed by atoms with Crippen LogP contribution in [0, 0.1) is 27.7 Å². The van der Waals surface area contributed by atoms with Crippen LogP contribution in [-0.4, -0.2) is 14.5 Å². The monoisotopic (exact) mass is 266 g/mol. The molecule has 0 amide bonds. The van der Waals surface area contributed by atoms with Gasteiger partial charge in [0.25, 0.3) is 0 Å². The second-order valence-corrected chi connectivity index (χ2v) is 5.22. The molecule has 4 nitrogen and oxygen atoms in total. The molecule has 102 valence electrons. The molecule has 20 heavy (non-hydrogen) atoms. The Morgan fingerprint density at radius 1 is 1.00 bits per heavy atom. The molecule has 2 N–H and O–H groups in total. The number of aromatic nitrogens is 3. The fourth-order valence-corrected chi connectivity index (χ4v) is 2.70. The highest BCUT2D eigenvalue weighted by atomic mass is 15.1. The van der Waals surface area contributed by atoms with Gasteiger partial charge in [0.2, 0.25) is 0 Å². The third-order valence-corrected chi connectivity index (χ3v) is 4.14. The Balaban J connectivity index is 2.46. The Hall–Kier alpha value is -2.36. The lowest BCUT2D eigenvalue weighted by Gasteiger charge is -2.13. The Bertz CT molecular complexity index is 815. The Morgan fingerprint density at radius 3 is 2.50 bits per heavy atom. The molecule has 0 bridgehead atoms. The molecule has 2 aromatic heterocycles. The number of anilines is 1. The van der Waals surface area contributed by atoms with Gasteiger partial charge in [-0.1, -0.05) is 12.1 Å². The predicted octanol–water partition coefficient (Wildman–Crippen LogP) is 3.24. The zero-order valence-corrected chi connectivity index (χ0v) is 12.2. The van der Waals surface area contributed by atoms with Crippen LogP contribution in [0.4, 0.5) is 5.82 Å². The van der Waals surface area contributed by atoms with Gasteiger partial charge in [0.15, 0.2) is 5.65 Å². The van der Waals surface area contributed by atoms with E-state index in [1.54, 1.807) is 0 Å². The standard InChI is InChI=1S/C16H18N4/c1-9-6-5-7-13(10(9)2)20-12(4)11(3)14-15(17)18-8-19-16(14)20/h5-8H,1-4H3,(H2,17,18,19). The van der Waals surface area contributed by atoms with Crippen LogP contribution in [0.25, 0.3) is 16.7 Å². The smallest absolute Gasteiger partial charge is 0.150 e. The Morgan fingerprint density at radius 2 is 1.75 bits per heavy atom. The number of nitrogens with zero attached hydrogens (tertiary/aromatic N) is 3. The van der Waals surface area contributed by atoms with Crippen molar-refractivity contribution in [2.45, 2.75) is 27.7 Å². The number of aryl methyl sites for hydroxylation is 2. The maximum atomic E-state index is 6.02. The van der Waals surface area contributed by atoms with Gasteiger partial charge < -0.3 is 5.73 Å². The number of hydrogen-bond acceptors (Lipinski definition) is 3. The molecular formula is C16H18N4. The average Bonchev–Trinajstić information content (AvgIpc) is 2.67. The molecule has 0 unspecified atom stereocenters. The van der Waals surface area contributed by atoms with Crippen molar-refractivity contribution in [2.75, 3.05) is 5.73 Å². The fraction of sp³-hybridized carbons (Fsp3) is 0.250. The molecule has 1 aromatic carbocycles. The zero-order valence-electron chi connectivity index (χ0n) is 12.2. The van der Waals surface area contributed by atoms with Gasteiger partial charge in [-0.3, -0.25) is 4.57 Å². The van der Waals surface area contributed by atoms with E-state index in [1.807, 2.05) is 0 Å². The molecule has 3 rings (SSSR count). The van der Waals surface area contributed by atoms with Crippen molar-refractivity contribution in [2.24, 2.45) is 0 Å². The minimum atomic E-state index is 0.541. The van der Waals surface area contributed by atoms with Crippen molar-refractivity contribution >= 4 is 16.9 Å². The third kappa shape index (κ3) is 1.61. The van der Waals surface area contributed by atoms with E-state index in [9.17, 15) is 0 Å². The Kier molecular flexibility index (Phi) is 2.74. The largest absolute Gasteiger partial charge is 0.383 e. The highest BCUT2D eigenvalue weighted by Gasteiger charge is 2.17. The summed E-state index contributed by atoms with van der Waals surface area (Å²) in [6, 6.07) is 6.31. The van der Waals surface area contributed by atoms with Crippen LogP contribution in [0.1, 0.15) is 22.4 Å². The summed E-state index contributed by atoms with van der Waals surface area (Å²) in [4.78, 5) is 8.55. The first kappa shape index (κ1) is 12.7. The second kappa shape index (κ2) is 4.34. The number of rotatable bonds is 1. The maximum Gasteiger partial charge on any atom is 0.150 e. The van der Waals surface area contributed by atoms with Crippen LogP contribution in [0.5, 0.6) is 0 Å². The van der Waals surface area contributed by atoms with Gasteiger partial charge in [0, 0.05) is 5.69 Å². The third-order valence-electron chi connectivity index (χ3n) is 4.14. The molecule has 0 saturated carbocycles. The van der Waals surface area contributed by atoms with Crippen LogP contribution >= 0.6 is 0 Å². The van der Waals surface area contributed by atoms with Gasteiger partial charge in [0.05, 0.1) is 11.1 Å². The number of hydrogen-bond donors (Lipinski definition) is 1. The summed E-state index contributed by atoms with van der Waals surface area (Å²) in [5, 5.41) is 0.950. The first-order chi connectivity index (χ1) is 9.52. The maximum absolute atomic E-state index is 6.02. The molecule has 4 heteroatoms. The highest BCUT2D eigenvalue weighted by Crippen LogP contribution is 2.31. The second-order valence-electron chi connectivity index (χ2n) is 5.22. The summed E-state index contributed by atoms with van der Waals surface area (Å²) in [7, 11) is 0. The topological polar surface area (TPSA) is 56.7 Å². The van der Waals surface area contributed by atoms with Crippen molar-refractivity contribution < 1.29 is 0 Å². The quantitative estimate of drug-likeness (QED) is 0.735. The fourth-order valence-electron chi connectivity index (χ4n) is 2.70. The van der Waals surface area contributed by atoms with Crippen LogP contribution in [0.3, 0.4) is 0 Å². The molecule has 0 saturated heterocycles. The predicted molar refractivity (Wildman–Crippen MR) is 82.2 cm³/mol. The van der Waals surface area contributed by atoms with Gasteiger partial charge in [-0.15, -0.1) is 0 Å². The number of benzene rings is 1. The first-order valence-electron chi connectivity index (χ1n) is 6.67. The lowest BCUT2D eigenvalue weighted by molar-refractivity contribution is 0.997. The summed E-state index contributed by atoms with van der Waals surface area (Å²) in [5.41, 5.74) is 12.9. The van der Waals surface area contributed by atoms with Gasteiger partial charge in [-0.2, -0.15) is 0 Å². The highest BCUT2D eigenvalue weighted by molar-refractivity contribution is 5.92. The molecule has 0 radical (unpaired) electrons. The summed E-state index contributed by atoms with van der Waals surface area (Å²) in [6.07, 6.45) is 1.53. The lowest BCUT2D eigenvalue weighted by atomic mass is 10.1. The molecule has 0 fully saturated rings. The van der Waals surface area contributed by atoms with E-state index in [0.29, 0.717) is 5.82 Å². The van der Waals surface area contributed by atoms with Gasteiger partial charge >= 0.3 is 0 Å². The van der Waals surface area contributed by atoms with E-state index in [1.165, 1.54) is 17.5 Å². The molecule has 2 heterocycles. The van der Waals surface area contributed by atoms with Crippen molar-refractivity contribution in [3.63, 3.8) is 0 Å². The zero-order chi connectivity index (χ0) is 14.4. The van der Waals surface area contributed by atoms with Crippen LogP contribution < -0.4 is 5.73 Å². The number of nitrogen functional groups attached to an aromatic ring is 1. The van der Waals surface area contributed by atoms with Crippen molar-refractivity contribution in [3.8, 4) is 5.69 Å². The molecule has 0 spiro atoms. The molecule has 0 aliphatic carbocycles. The van der Waals surface area contributed by atoms with E-state index < -0.39 is 0 Å². The minimum absolute atomic E-state index is 0.541. The molecule has 0 aliphatic heterocycles. The lowest BCUT2D eigenvalue weighted by Crippen LogP contribution is -2.02. The SMILES string of the molecule is Cc1cccc(-n2c(C)c(C)c3c(N)ncnc32)c1C. The van der Waals surface area contributed by atoms with Gasteiger partial charge in [0.1, 0.15) is 12.1 Å². The van der Waals surface area contributed by atoms with E-state index >= 15 is 0 Å². The summed E-state index contributed by atoms with van der Waals surface area (Å²) < 4.78 is 2.17. The van der Waals surface area contributed by atoms with Crippen molar-refractivity contribution in [1.29, 1.82) is 0 Å². The van der Waals surface area contributed by atoms with E-state index in [4.69, 9.17) is 5.73 Å². The summed E-state index contributed by atoms with van der Waals surface area (Å²) >= 11 is 0. The normalized spacial score (nSPS) is 11.2. The summed E-state index contributed by atoms with van der Waals surface area (Å²) in [6.45, 7) is 8.42. The summed E-state index contributed by atoms with van der Waals surface area (Å²) in [5.74, 6) is 0.541. The molecule has 0 aliphatic rings. The van der Waals surface area contributed by atoms with Crippen LogP contribution in [0.2, 0.25) is 0 Å². The van der Waals surface area contributed by atoms with E-state index in [0.717, 1.165) is 28.0 Å². The van der Waals surface area contributed by atoms with Crippen molar-refractivity contribution in [3.05, 3.63) is 46.9 Å². The number of fused-ring (bicyclic) bond motifs is 1.